The molecule has 0 aliphatic carbocycles. The Morgan fingerprint density at radius 1 is 0.667 bits per heavy atom. The monoisotopic (exact) mass is 735 g/mol. The van der Waals surface area contributed by atoms with Crippen molar-refractivity contribution in [2.24, 2.45) is 4.99 Å². The molecule has 4 nitrogen and oxygen atoms in total. The Morgan fingerprint density at radius 3 is 2.00 bits per heavy atom. The molecule has 218 valence electrons. The zero-order valence-electron chi connectivity index (χ0n) is 26.1. The topological polar surface area (TPSA) is 52.2 Å². The molecule has 3 heterocycles. The zero-order valence-corrected chi connectivity index (χ0v) is 28.4. The normalized spacial score (nSPS) is 12.8. The van der Waals surface area contributed by atoms with Gasteiger partial charge >= 0.3 is 21.1 Å². The molecule has 0 unspecified atom stereocenters. The first-order chi connectivity index (χ1) is 19.2. The van der Waals surface area contributed by atoms with E-state index in [0.717, 1.165) is 44.7 Å². The Kier molecular flexibility index (Phi) is 8.82. The first-order valence-corrected chi connectivity index (χ1v) is 14.3. The van der Waals surface area contributed by atoms with E-state index in [2.05, 4.69) is 117 Å². The molecule has 0 atom stereocenters. The molecule has 0 N–H and O–H groups in total. The molecule has 0 saturated carbocycles. The molecular formula is C37H40N4Pt. The van der Waals surface area contributed by atoms with E-state index in [9.17, 15) is 0 Å². The molecule has 0 saturated heterocycles. The third-order valence-corrected chi connectivity index (χ3v) is 7.38. The summed E-state index contributed by atoms with van der Waals surface area (Å²) in [6, 6.07) is 30.4. The number of aromatic nitrogens is 3. The van der Waals surface area contributed by atoms with Crippen LogP contribution in [0.15, 0.2) is 83.9 Å². The second-order valence-electron chi connectivity index (χ2n) is 13.9. The van der Waals surface area contributed by atoms with Gasteiger partial charge in [0.25, 0.3) is 0 Å². The van der Waals surface area contributed by atoms with Gasteiger partial charge in [0.2, 0.25) is 0 Å². The maximum absolute atomic E-state index is 5.22. The molecule has 3 aromatic heterocycles. The molecular weight excluding hydrogens is 696 g/mol. The molecule has 42 heavy (non-hydrogen) atoms. The summed E-state index contributed by atoms with van der Waals surface area (Å²) >= 11 is 0. The van der Waals surface area contributed by atoms with E-state index in [1.54, 1.807) is 0 Å². The fourth-order valence-corrected chi connectivity index (χ4v) is 4.92. The summed E-state index contributed by atoms with van der Waals surface area (Å²) in [6.45, 7) is 19.8. The van der Waals surface area contributed by atoms with Crippen LogP contribution in [0.3, 0.4) is 0 Å². The Morgan fingerprint density at radius 2 is 1.31 bits per heavy atom. The summed E-state index contributed by atoms with van der Waals surface area (Å²) in [5, 5.41) is 1.11. The van der Waals surface area contributed by atoms with Crippen molar-refractivity contribution in [3.05, 3.63) is 107 Å². The van der Waals surface area contributed by atoms with E-state index >= 15 is 0 Å². The van der Waals surface area contributed by atoms with Crippen LogP contribution in [0.4, 0.5) is 5.82 Å². The summed E-state index contributed by atoms with van der Waals surface area (Å²) in [5.74, 6) is 0.674. The second kappa shape index (κ2) is 11.7. The molecule has 2 aromatic carbocycles. The number of hydrogen-bond donors (Lipinski definition) is 0. The summed E-state index contributed by atoms with van der Waals surface area (Å²) < 4.78 is 0. The third-order valence-electron chi connectivity index (χ3n) is 7.38. The van der Waals surface area contributed by atoms with Gasteiger partial charge in [-0.15, -0.1) is 47.2 Å². The van der Waals surface area contributed by atoms with Gasteiger partial charge in [-0.2, -0.15) is 0 Å². The van der Waals surface area contributed by atoms with Crippen molar-refractivity contribution >= 4 is 16.7 Å². The van der Waals surface area contributed by atoms with E-state index in [4.69, 9.17) is 19.9 Å². The Balaban J connectivity index is 0.00000405. The van der Waals surface area contributed by atoms with E-state index in [0.29, 0.717) is 11.3 Å². The summed E-state index contributed by atoms with van der Waals surface area (Å²) in [5.41, 5.74) is 8.18. The van der Waals surface area contributed by atoms with Crippen LogP contribution in [0.5, 0.6) is 0 Å². The first kappa shape index (κ1) is 31.6. The maximum Gasteiger partial charge on any atom is 2.00 e. The van der Waals surface area contributed by atoms with Crippen LogP contribution in [0, 0.1) is 6.07 Å². The van der Waals surface area contributed by atoms with Gasteiger partial charge in [0.15, 0.2) is 0 Å². The predicted octanol–water partition coefficient (Wildman–Crippen LogP) is 8.84. The second-order valence-corrected chi connectivity index (χ2v) is 13.9. The molecule has 0 spiro atoms. The van der Waals surface area contributed by atoms with Crippen LogP contribution in [-0.4, -0.2) is 9.97 Å². The van der Waals surface area contributed by atoms with E-state index in [1.165, 1.54) is 5.56 Å². The van der Waals surface area contributed by atoms with Gasteiger partial charge < -0.3 is 9.98 Å². The minimum Gasteiger partial charge on any atom is -0.482 e. The van der Waals surface area contributed by atoms with Gasteiger partial charge in [0.05, 0.1) is 22.7 Å². The van der Waals surface area contributed by atoms with Crippen LogP contribution in [-0.2, 0) is 37.3 Å². The van der Waals surface area contributed by atoms with Gasteiger partial charge in [-0.05, 0) is 45.6 Å². The molecule has 5 rings (SSSR count). The quantitative estimate of drug-likeness (QED) is 0.174. The van der Waals surface area contributed by atoms with Crippen LogP contribution in [0.1, 0.15) is 79.0 Å². The summed E-state index contributed by atoms with van der Waals surface area (Å²) in [7, 11) is 0. The number of fused-ring (bicyclic) bond motifs is 1. The SMILES string of the molecule is CC(C)(C)c1cc[c-]c(-c2ccc(C(C)(C)C)/c(=N/c3nc(-c4ccc5ccccc5n4)ccc3C(C)(C)C)[n-]2)c1.[Pt+2]. The van der Waals surface area contributed by atoms with Crippen molar-refractivity contribution in [2.45, 2.75) is 78.6 Å². The maximum atomic E-state index is 5.22. The fraction of sp³-hybridized carbons (Fsp3) is 0.324. The van der Waals surface area contributed by atoms with Crippen molar-refractivity contribution in [3.8, 4) is 22.6 Å². The first-order valence-electron chi connectivity index (χ1n) is 14.3. The van der Waals surface area contributed by atoms with Crippen molar-refractivity contribution in [1.82, 2.24) is 15.0 Å². The average Bonchev–Trinajstić information content (AvgIpc) is 2.91. The van der Waals surface area contributed by atoms with Crippen molar-refractivity contribution in [2.75, 3.05) is 0 Å². The van der Waals surface area contributed by atoms with Gasteiger partial charge in [0.1, 0.15) is 0 Å². The Bertz CT molecular complexity index is 1790. The molecule has 0 radical (unpaired) electrons. The van der Waals surface area contributed by atoms with Crippen molar-refractivity contribution in [1.29, 1.82) is 0 Å². The largest absolute Gasteiger partial charge is 2.00 e. The number of hydrogen-bond acceptors (Lipinski definition) is 3. The smallest absolute Gasteiger partial charge is 0.482 e. The third kappa shape index (κ3) is 6.81. The molecule has 0 aliphatic heterocycles. The predicted molar refractivity (Wildman–Crippen MR) is 170 cm³/mol. The molecule has 0 amide bonds. The molecule has 0 fully saturated rings. The average molecular weight is 736 g/mol. The van der Waals surface area contributed by atoms with Gasteiger partial charge in [-0.1, -0.05) is 104 Å². The fourth-order valence-electron chi connectivity index (χ4n) is 4.92. The minimum absolute atomic E-state index is 0. The van der Waals surface area contributed by atoms with E-state index in [-0.39, 0.29) is 37.3 Å². The van der Waals surface area contributed by atoms with E-state index < -0.39 is 0 Å². The van der Waals surface area contributed by atoms with Gasteiger partial charge in [-0.25, -0.2) is 4.98 Å². The number of benzene rings is 2. The molecule has 5 heteroatoms. The van der Waals surface area contributed by atoms with Gasteiger partial charge in [-0.3, -0.25) is 4.98 Å². The van der Waals surface area contributed by atoms with Crippen LogP contribution in [0.25, 0.3) is 33.5 Å². The Labute approximate surface area is 265 Å². The summed E-state index contributed by atoms with van der Waals surface area (Å²) in [4.78, 5) is 20.4. The zero-order chi connectivity index (χ0) is 29.6. The number of para-hydroxylation sites is 1. The van der Waals surface area contributed by atoms with Crippen LogP contribution in [0.2, 0.25) is 0 Å². The Hall–Kier alpha value is -3.36. The number of rotatable bonds is 3. The van der Waals surface area contributed by atoms with Crippen molar-refractivity contribution < 1.29 is 21.1 Å². The number of nitrogens with zero attached hydrogens (tertiary/aromatic N) is 4. The summed E-state index contributed by atoms with van der Waals surface area (Å²) in [6.07, 6.45) is 0. The van der Waals surface area contributed by atoms with Crippen LogP contribution < -0.4 is 10.5 Å². The minimum atomic E-state index is -0.157. The molecule has 5 aromatic rings. The van der Waals surface area contributed by atoms with Crippen molar-refractivity contribution in [3.63, 3.8) is 0 Å². The number of pyridine rings is 3. The standard InChI is InChI=1S/C37H40N4.Pt/c1-35(2,3)26-15-12-14-25(23-26)30-21-18-27(36(4,5)6)33(39-30)41-34-28(37(7,8)9)19-22-32(40-34)31-20-17-24-13-10-11-16-29(24)38-31;/h10-13,15-23H,1-9H3;/q-2;+2. The van der Waals surface area contributed by atoms with Gasteiger partial charge in [0, 0.05) is 5.39 Å². The van der Waals surface area contributed by atoms with Crippen LogP contribution >= 0.6 is 0 Å². The molecule has 0 aliphatic rings. The molecule has 0 bridgehead atoms. The van der Waals surface area contributed by atoms with E-state index in [1.807, 2.05) is 30.3 Å².